The number of amides is 2. The average Bonchev–Trinajstić information content (AvgIpc) is 2.89. The first kappa shape index (κ1) is 14.0. The predicted molar refractivity (Wildman–Crippen MR) is 73.1 cm³/mol. The molecule has 0 radical (unpaired) electrons. The van der Waals surface area contributed by atoms with Gasteiger partial charge in [0.1, 0.15) is 6.04 Å². The molecule has 6 heteroatoms. The first-order valence-corrected chi connectivity index (χ1v) is 6.80. The Morgan fingerprint density at radius 2 is 2.26 bits per heavy atom. The first-order valence-electron chi connectivity index (χ1n) is 6.01. The van der Waals surface area contributed by atoms with Gasteiger partial charge in [-0.15, -0.1) is 0 Å². The van der Waals surface area contributed by atoms with Crippen molar-refractivity contribution in [1.29, 1.82) is 0 Å². The lowest BCUT2D eigenvalue weighted by Crippen LogP contribution is -2.40. The van der Waals surface area contributed by atoms with Crippen LogP contribution in [0, 0.1) is 5.92 Å². The number of hydrogen-bond acceptors (Lipinski definition) is 3. The lowest BCUT2D eigenvalue weighted by molar-refractivity contribution is -0.130. The Morgan fingerprint density at radius 1 is 1.47 bits per heavy atom. The number of carbonyl (C=O) groups excluding carboxylic acids is 2. The zero-order chi connectivity index (χ0) is 13.8. The summed E-state index contributed by atoms with van der Waals surface area (Å²) in [6, 6.07) is 6.34. The third-order valence-electron chi connectivity index (χ3n) is 3.05. The van der Waals surface area contributed by atoms with E-state index in [4.69, 9.17) is 10.5 Å². The molecular formula is C13H15BrN2O3. The molecule has 2 rings (SSSR count). The van der Waals surface area contributed by atoms with E-state index < -0.39 is 11.9 Å². The van der Waals surface area contributed by atoms with E-state index in [-0.39, 0.29) is 11.8 Å². The fourth-order valence-electron chi connectivity index (χ4n) is 2.01. The zero-order valence-electron chi connectivity index (χ0n) is 10.3. The SMILES string of the molecule is NC(=O)[C@@H](NC(=O)[C@@H]1CCOC1)c1cccc(Br)c1. The molecule has 1 heterocycles. The number of primary amides is 1. The van der Waals surface area contributed by atoms with Crippen molar-refractivity contribution in [2.75, 3.05) is 13.2 Å². The van der Waals surface area contributed by atoms with E-state index in [2.05, 4.69) is 21.2 Å². The number of hydrogen-bond donors (Lipinski definition) is 2. The van der Waals surface area contributed by atoms with Crippen LogP contribution in [0.25, 0.3) is 0 Å². The minimum Gasteiger partial charge on any atom is -0.381 e. The second-order valence-corrected chi connectivity index (χ2v) is 5.38. The molecule has 5 nitrogen and oxygen atoms in total. The van der Waals surface area contributed by atoms with E-state index >= 15 is 0 Å². The molecule has 0 bridgehead atoms. The molecule has 0 saturated carbocycles. The first-order chi connectivity index (χ1) is 9.08. The molecule has 1 aliphatic heterocycles. The second-order valence-electron chi connectivity index (χ2n) is 4.46. The number of nitrogens with two attached hydrogens (primary N) is 1. The van der Waals surface area contributed by atoms with Gasteiger partial charge < -0.3 is 15.8 Å². The normalized spacial score (nSPS) is 19.9. The summed E-state index contributed by atoms with van der Waals surface area (Å²) in [5.41, 5.74) is 6.03. The van der Waals surface area contributed by atoms with Crippen molar-refractivity contribution in [2.45, 2.75) is 12.5 Å². The summed E-state index contributed by atoms with van der Waals surface area (Å²) in [5.74, 6) is -0.972. The van der Waals surface area contributed by atoms with Gasteiger partial charge in [0, 0.05) is 11.1 Å². The number of halogens is 1. The Labute approximate surface area is 119 Å². The third-order valence-corrected chi connectivity index (χ3v) is 3.55. The lowest BCUT2D eigenvalue weighted by Gasteiger charge is -2.18. The average molecular weight is 327 g/mol. The van der Waals surface area contributed by atoms with Crippen molar-refractivity contribution < 1.29 is 14.3 Å². The molecule has 1 saturated heterocycles. The minimum atomic E-state index is -0.814. The molecule has 0 aromatic heterocycles. The van der Waals surface area contributed by atoms with Gasteiger partial charge >= 0.3 is 0 Å². The van der Waals surface area contributed by atoms with Crippen LogP contribution in [0.1, 0.15) is 18.0 Å². The molecule has 3 N–H and O–H groups in total. The van der Waals surface area contributed by atoms with E-state index in [1.165, 1.54) is 0 Å². The molecule has 102 valence electrons. The van der Waals surface area contributed by atoms with Crippen LogP contribution in [0.3, 0.4) is 0 Å². The summed E-state index contributed by atoms with van der Waals surface area (Å²) in [6.07, 6.45) is 0.676. The lowest BCUT2D eigenvalue weighted by atomic mass is 10.0. The van der Waals surface area contributed by atoms with Crippen LogP contribution in [-0.4, -0.2) is 25.0 Å². The highest BCUT2D eigenvalue weighted by Gasteiger charge is 2.28. The summed E-state index contributed by atoms with van der Waals surface area (Å²) in [5, 5.41) is 2.69. The van der Waals surface area contributed by atoms with Crippen molar-refractivity contribution in [3.8, 4) is 0 Å². The number of rotatable bonds is 4. The summed E-state index contributed by atoms with van der Waals surface area (Å²) in [7, 11) is 0. The molecule has 0 unspecified atom stereocenters. The molecule has 1 aliphatic rings. The maximum atomic E-state index is 12.0. The molecule has 1 fully saturated rings. The second kappa shape index (κ2) is 6.16. The van der Waals surface area contributed by atoms with Crippen LogP contribution in [0.5, 0.6) is 0 Å². The Morgan fingerprint density at radius 3 is 2.84 bits per heavy atom. The van der Waals surface area contributed by atoms with E-state index in [0.717, 1.165) is 4.47 Å². The van der Waals surface area contributed by atoms with Crippen molar-refractivity contribution in [3.63, 3.8) is 0 Å². The monoisotopic (exact) mass is 326 g/mol. The van der Waals surface area contributed by atoms with E-state index in [9.17, 15) is 9.59 Å². The van der Waals surface area contributed by atoms with Crippen LogP contribution in [0.2, 0.25) is 0 Å². The van der Waals surface area contributed by atoms with Crippen LogP contribution in [0.15, 0.2) is 28.7 Å². The molecule has 2 amide bonds. The molecule has 0 spiro atoms. The highest BCUT2D eigenvalue weighted by molar-refractivity contribution is 9.10. The molecule has 0 aliphatic carbocycles. The number of carbonyl (C=O) groups is 2. The standard InChI is InChI=1S/C13H15BrN2O3/c14-10-3-1-2-8(6-10)11(12(15)17)16-13(18)9-4-5-19-7-9/h1-3,6,9,11H,4-5,7H2,(H2,15,17)(H,16,18)/t9-,11+/m1/s1. The fourth-order valence-corrected chi connectivity index (χ4v) is 2.42. The van der Waals surface area contributed by atoms with Gasteiger partial charge in [-0.3, -0.25) is 9.59 Å². The summed E-state index contributed by atoms with van der Waals surface area (Å²) >= 11 is 3.33. The quantitative estimate of drug-likeness (QED) is 0.870. The Bertz CT molecular complexity index is 487. The van der Waals surface area contributed by atoms with Gasteiger partial charge in [0.05, 0.1) is 12.5 Å². The number of nitrogens with one attached hydrogen (secondary N) is 1. The van der Waals surface area contributed by atoms with Gasteiger partial charge in [-0.05, 0) is 24.1 Å². The van der Waals surface area contributed by atoms with Crippen molar-refractivity contribution in [2.24, 2.45) is 11.7 Å². The van der Waals surface area contributed by atoms with Gasteiger partial charge in [-0.25, -0.2) is 0 Å². The zero-order valence-corrected chi connectivity index (χ0v) is 11.9. The van der Waals surface area contributed by atoms with E-state index in [1.807, 2.05) is 6.07 Å². The maximum Gasteiger partial charge on any atom is 0.244 e. The Balaban J connectivity index is 2.12. The Hall–Kier alpha value is -1.40. The van der Waals surface area contributed by atoms with Crippen LogP contribution in [0.4, 0.5) is 0 Å². The van der Waals surface area contributed by atoms with Gasteiger partial charge in [0.25, 0.3) is 0 Å². The molecule has 1 aromatic rings. The summed E-state index contributed by atoms with van der Waals surface area (Å²) in [6.45, 7) is 0.978. The van der Waals surface area contributed by atoms with Gasteiger partial charge in [-0.1, -0.05) is 28.1 Å². The largest absolute Gasteiger partial charge is 0.381 e. The van der Waals surface area contributed by atoms with E-state index in [0.29, 0.717) is 25.2 Å². The van der Waals surface area contributed by atoms with Crippen molar-refractivity contribution in [3.05, 3.63) is 34.3 Å². The highest BCUT2D eigenvalue weighted by atomic mass is 79.9. The highest BCUT2D eigenvalue weighted by Crippen LogP contribution is 2.20. The van der Waals surface area contributed by atoms with Crippen LogP contribution in [-0.2, 0) is 14.3 Å². The van der Waals surface area contributed by atoms with Gasteiger partial charge in [-0.2, -0.15) is 0 Å². The minimum absolute atomic E-state index is 0.193. The maximum absolute atomic E-state index is 12.0. The molecule has 2 atom stereocenters. The van der Waals surface area contributed by atoms with E-state index in [1.54, 1.807) is 18.2 Å². The van der Waals surface area contributed by atoms with Crippen LogP contribution < -0.4 is 11.1 Å². The molecule has 19 heavy (non-hydrogen) atoms. The number of ether oxygens (including phenoxy) is 1. The fraction of sp³-hybridized carbons (Fsp3) is 0.385. The predicted octanol–water partition coefficient (Wildman–Crippen LogP) is 1.13. The molecular weight excluding hydrogens is 312 g/mol. The van der Waals surface area contributed by atoms with Crippen molar-refractivity contribution >= 4 is 27.7 Å². The van der Waals surface area contributed by atoms with Crippen molar-refractivity contribution in [1.82, 2.24) is 5.32 Å². The third kappa shape index (κ3) is 3.54. The Kier molecular flexibility index (Phi) is 4.55. The topological polar surface area (TPSA) is 81.4 Å². The summed E-state index contributed by atoms with van der Waals surface area (Å²) < 4.78 is 5.99. The van der Waals surface area contributed by atoms with Gasteiger partial charge in [0.15, 0.2) is 0 Å². The summed E-state index contributed by atoms with van der Waals surface area (Å²) in [4.78, 5) is 23.5. The smallest absolute Gasteiger partial charge is 0.244 e. The van der Waals surface area contributed by atoms with Gasteiger partial charge in [0.2, 0.25) is 11.8 Å². The number of benzene rings is 1. The molecule has 1 aromatic carbocycles. The van der Waals surface area contributed by atoms with Crippen LogP contribution >= 0.6 is 15.9 Å².